The molecule has 0 spiro atoms. The lowest BCUT2D eigenvalue weighted by atomic mass is 9.81. The summed E-state index contributed by atoms with van der Waals surface area (Å²) in [6.07, 6.45) is 7.43. The largest absolute Gasteiger partial charge is 0.388 e. The van der Waals surface area contributed by atoms with Gasteiger partial charge in [0.15, 0.2) is 0 Å². The number of rotatable bonds is 8. The number of anilines is 2. The van der Waals surface area contributed by atoms with Crippen LogP contribution in [-0.2, 0) is 20.9 Å². The molecule has 0 N–H and O–H groups in total. The van der Waals surface area contributed by atoms with Crippen LogP contribution in [0.3, 0.4) is 0 Å². The summed E-state index contributed by atoms with van der Waals surface area (Å²) in [6.45, 7) is 2.54. The molecule has 212 valence electrons. The van der Waals surface area contributed by atoms with E-state index in [9.17, 15) is 14.0 Å². The van der Waals surface area contributed by atoms with Crippen LogP contribution in [0.1, 0.15) is 43.7 Å². The van der Waals surface area contributed by atoms with Crippen molar-refractivity contribution < 1.29 is 18.7 Å². The van der Waals surface area contributed by atoms with E-state index in [1.54, 1.807) is 31.3 Å². The van der Waals surface area contributed by atoms with Gasteiger partial charge in [-0.1, -0.05) is 62.2 Å². The molecule has 3 aromatic carbocycles. The maximum atomic E-state index is 14.6. The number of hydrogen-bond acceptors (Lipinski definition) is 4. The molecule has 1 amide bonds. The second kappa shape index (κ2) is 15.1. The van der Waals surface area contributed by atoms with Crippen LogP contribution in [-0.4, -0.2) is 40.5 Å². The Morgan fingerprint density at radius 3 is 2.15 bits per heavy atom. The van der Waals surface area contributed by atoms with Gasteiger partial charge in [0.1, 0.15) is 12.1 Å². The molecule has 0 saturated heterocycles. The Morgan fingerprint density at radius 1 is 0.950 bits per heavy atom. The van der Waals surface area contributed by atoms with E-state index in [0.29, 0.717) is 30.0 Å². The van der Waals surface area contributed by atoms with Gasteiger partial charge in [0.05, 0.1) is 6.54 Å². The van der Waals surface area contributed by atoms with Gasteiger partial charge in [-0.05, 0) is 77.4 Å². The smallest absolute Gasteiger partial charge is 0.230 e. The summed E-state index contributed by atoms with van der Waals surface area (Å²) < 4.78 is 18.8. The highest BCUT2D eigenvalue weighted by Crippen LogP contribution is 2.33. The molecule has 4 rings (SSSR count). The van der Waals surface area contributed by atoms with Crippen LogP contribution in [0.15, 0.2) is 72.8 Å². The van der Waals surface area contributed by atoms with Crippen molar-refractivity contribution in [1.29, 1.82) is 0 Å². The van der Waals surface area contributed by atoms with Gasteiger partial charge < -0.3 is 14.5 Å². The minimum Gasteiger partial charge on any atom is -0.388 e. The predicted molar refractivity (Wildman–Crippen MR) is 163 cm³/mol. The SMILES string of the molecule is COC.C[C@@H]1CCCC(C(=O)N(Cc2ccc(-c3ccc(N(C)C)cc3)cc2)c2cc(F)cc(/C=C/C=O)c2)C1. The van der Waals surface area contributed by atoms with Gasteiger partial charge >= 0.3 is 0 Å². The average molecular weight is 545 g/mol. The predicted octanol–water partition coefficient (Wildman–Crippen LogP) is 7.39. The van der Waals surface area contributed by atoms with Gasteiger partial charge in [-0.3, -0.25) is 9.59 Å². The van der Waals surface area contributed by atoms with Crippen molar-refractivity contribution in [3.63, 3.8) is 0 Å². The number of nitrogens with zero attached hydrogens (tertiary/aromatic N) is 2. The number of methoxy groups -OCH3 is 1. The van der Waals surface area contributed by atoms with Crippen molar-refractivity contribution in [1.82, 2.24) is 0 Å². The summed E-state index contributed by atoms with van der Waals surface area (Å²) in [4.78, 5) is 28.4. The molecule has 1 aliphatic rings. The van der Waals surface area contributed by atoms with E-state index in [1.165, 1.54) is 18.2 Å². The zero-order valence-corrected chi connectivity index (χ0v) is 24.3. The van der Waals surface area contributed by atoms with Crippen molar-refractivity contribution in [3.8, 4) is 11.1 Å². The number of hydrogen-bond donors (Lipinski definition) is 0. The molecule has 2 atom stereocenters. The first-order valence-electron chi connectivity index (χ1n) is 13.8. The Morgan fingerprint density at radius 2 is 1.57 bits per heavy atom. The van der Waals surface area contributed by atoms with E-state index in [1.807, 2.05) is 26.2 Å². The minimum atomic E-state index is -0.436. The molecule has 3 aromatic rings. The third-order valence-corrected chi connectivity index (χ3v) is 7.15. The van der Waals surface area contributed by atoms with E-state index >= 15 is 0 Å². The number of ether oxygens (including phenoxy) is 1. The maximum Gasteiger partial charge on any atom is 0.230 e. The van der Waals surface area contributed by atoms with Gasteiger partial charge in [0.25, 0.3) is 0 Å². The molecule has 1 fully saturated rings. The first-order valence-corrected chi connectivity index (χ1v) is 13.8. The standard InChI is InChI=1S/C32H35FN2O2.C2H6O/c1-23-6-4-8-28(18-23)32(37)35(31-20-25(7-5-17-36)19-29(33)21-31)22-24-9-11-26(12-10-24)27-13-15-30(16-14-27)34(2)3;1-3-2/h5,7,9-17,19-21,23,28H,4,6,8,18,22H2,1-3H3;1-2H3/b7-5+;/t23-,28?;/m1./s1. The average Bonchev–Trinajstić information content (AvgIpc) is 2.95. The summed E-state index contributed by atoms with van der Waals surface area (Å²) in [5, 5.41) is 0. The van der Waals surface area contributed by atoms with Crippen LogP contribution in [0.25, 0.3) is 17.2 Å². The van der Waals surface area contributed by atoms with Crippen LogP contribution in [0.4, 0.5) is 15.8 Å². The fourth-order valence-electron chi connectivity index (χ4n) is 5.11. The normalized spacial score (nSPS) is 16.6. The monoisotopic (exact) mass is 544 g/mol. The van der Waals surface area contributed by atoms with E-state index < -0.39 is 5.82 Å². The Kier molecular flexibility index (Phi) is 11.6. The van der Waals surface area contributed by atoms with Crippen LogP contribution in [0.2, 0.25) is 0 Å². The molecule has 0 aromatic heterocycles. The number of benzene rings is 3. The topological polar surface area (TPSA) is 49.9 Å². The van der Waals surface area contributed by atoms with Gasteiger partial charge in [-0.25, -0.2) is 4.39 Å². The third kappa shape index (κ3) is 8.62. The van der Waals surface area contributed by atoms with Crippen LogP contribution >= 0.6 is 0 Å². The molecule has 1 aliphatic carbocycles. The minimum absolute atomic E-state index is 0.0332. The highest BCUT2D eigenvalue weighted by Gasteiger charge is 2.30. The molecule has 1 saturated carbocycles. The molecular weight excluding hydrogens is 503 g/mol. The Labute approximate surface area is 238 Å². The molecule has 0 heterocycles. The third-order valence-electron chi connectivity index (χ3n) is 7.15. The Bertz CT molecular complexity index is 1270. The van der Waals surface area contributed by atoms with Crippen molar-refractivity contribution in [2.75, 3.05) is 38.1 Å². The lowest BCUT2D eigenvalue weighted by Crippen LogP contribution is -2.37. The van der Waals surface area contributed by atoms with E-state index in [-0.39, 0.29) is 11.8 Å². The Hall–Kier alpha value is -3.77. The second-order valence-corrected chi connectivity index (χ2v) is 10.7. The maximum absolute atomic E-state index is 14.6. The summed E-state index contributed by atoms with van der Waals surface area (Å²) in [5.74, 6) is 0.0250. The highest BCUT2D eigenvalue weighted by atomic mass is 19.1. The van der Waals surface area contributed by atoms with Gasteiger partial charge in [-0.15, -0.1) is 0 Å². The lowest BCUT2D eigenvalue weighted by Gasteiger charge is -2.32. The Balaban J connectivity index is 0.00000141. The van der Waals surface area contributed by atoms with Crippen LogP contribution in [0.5, 0.6) is 0 Å². The molecule has 1 unspecified atom stereocenters. The quantitative estimate of drug-likeness (QED) is 0.219. The summed E-state index contributed by atoms with van der Waals surface area (Å²) in [7, 11) is 7.29. The number of halogens is 1. The summed E-state index contributed by atoms with van der Waals surface area (Å²) >= 11 is 0. The zero-order valence-electron chi connectivity index (χ0n) is 24.3. The molecule has 0 aliphatic heterocycles. The van der Waals surface area contributed by atoms with Crippen molar-refractivity contribution in [3.05, 3.63) is 89.8 Å². The van der Waals surface area contributed by atoms with Crippen molar-refractivity contribution >= 4 is 29.6 Å². The molecule has 40 heavy (non-hydrogen) atoms. The number of amides is 1. The molecule has 6 heteroatoms. The van der Waals surface area contributed by atoms with Crippen LogP contribution < -0.4 is 9.80 Å². The number of allylic oxidation sites excluding steroid dienone is 1. The molecular formula is C34H41FN2O3. The molecule has 0 bridgehead atoms. The first-order chi connectivity index (χ1) is 19.2. The van der Waals surface area contributed by atoms with E-state index in [2.05, 4.69) is 53.0 Å². The van der Waals surface area contributed by atoms with E-state index in [4.69, 9.17) is 0 Å². The summed E-state index contributed by atoms with van der Waals surface area (Å²) in [5.41, 5.74) is 5.40. The fraction of sp³-hybridized carbons (Fsp3) is 0.353. The second-order valence-electron chi connectivity index (χ2n) is 10.7. The van der Waals surface area contributed by atoms with Gasteiger partial charge in [0.2, 0.25) is 5.91 Å². The van der Waals surface area contributed by atoms with Gasteiger partial charge in [-0.2, -0.15) is 0 Å². The zero-order chi connectivity index (χ0) is 29.1. The molecule has 0 radical (unpaired) electrons. The lowest BCUT2D eigenvalue weighted by molar-refractivity contribution is -0.123. The van der Waals surface area contributed by atoms with Gasteiger partial charge in [0, 0.05) is 45.6 Å². The number of aldehydes is 1. The van der Waals surface area contributed by atoms with Crippen molar-refractivity contribution in [2.45, 2.75) is 39.2 Å². The number of carbonyl (C=O) groups is 2. The fourth-order valence-corrected chi connectivity index (χ4v) is 5.11. The van der Waals surface area contributed by atoms with E-state index in [0.717, 1.165) is 48.1 Å². The molecule has 5 nitrogen and oxygen atoms in total. The van der Waals surface area contributed by atoms with Crippen molar-refractivity contribution in [2.24, 2.45) is 11.8 Å². The van der Waals surface area contributed by atoms with Crippen LogP contribution in [0, 0.1) is 17.7 Å². The summed E-state index contributed by atoms with van der Waals surface area (Å²) in [6, 6.07) is 21.1. The number of carbonyl (C=O) groups excluding carboxylic acids is 2. The first kappa shape index (κ1) is 30.8. The highest BCUT2D eigenvalue weighted by molar-refractivity contribution is 5.95.